The molecule has 3 aromatic carbocycles. The van der Waals surface area contributed by atoms with Gasteiger partial charge in [-0.15, -0.1) is 0 Å². The zero-order valence-electron chi connectivity index (χ0n) is 13.8. The van der Waals surface area contributed by atoms with Crippen LogP contribution in [-0.4, -0.2) is 4.89 Å². The van der Waals surface area contributed by atoms with Crippen LogP contribution in [0.15, 0.2) is 84.9 Å². The highest BCUT2D eigenvalue weighted by Gasteiger charge is 2.24. The molecule has 130 valence electrons. The van der Waals surface area contributed by atoms with E-state index in [1.54, 1.807) is 60.7 Å². The maximum atomic E-state index is 11.7. The summed E-state index contributed by atoms with van der Waals surface area (Å²) in [7, 11) is -4.14. The zero-order chi connectivity index (χ0) is 18.1. The zero-order valence-corrected chi connectivity index (χ0v) is 14.7. The van der Waals surface area contributed by atoms with Gasteiger partial charge < -0.3 is 14.8 Å². The fourth-order valence-electron chi connectivity index (χ4n) is 1.83. The largest absolute Gasteiger partial charge is 0.584 e. The van der Waals surface area contributed by atoms with Crippen molar-refractivity contribution in [3.05, 3.63) is 90.5 Å². The lowest BCUT2D eigenvalue weighted by Gasteiger charge is -2.13. The lowest BCUT2D eigenvalue weighted by Crippen LogP contribution is -1.99. The molecule has 25 heavy (non-hydrogen) atoms. The van der Waals surface area contributed by atoms with Crippen LogP contribution in [0.1, 0.15) is 5.56 Å². The molecule has 0 atom stereocenters. The van der Waals surface area contributed by atoms with Crippen molar-refractivity contribution in [1.29, 1.82) is 0 Å². The fourth-order valence-corrected chi connectivity index (χ4v) is 2.65. The minimum absolute atomic E-state index is 0.286. The topological polar surface area (TPSA) is 81.8 Å². The molecule has 0 bridgehead atoms. The van der Waals surface area contributed by atoms with Gasteiger partial charge in [-0.25, -0.2) is 4.57 Å². The van der Waals surface area contributed by atoms with Gasteiger partial charge in [-0.05, 0) is 42.8 Å². The van der Waals surface area contributed by atoms with E-state index in [0.717, 1.165) is 11.3 Å². The molecule has 0 aliphatic rings. The molecule has 0 radical (unpaired) electrons. The third kappa shape index (κ3) is 6.71. The van der Waals surface area contributed by atoms with E-state index < -0.39 is 7.82 Å². The Bertz CT molecular complexity index is 759. The molecule has 6 heteroatoms. The molecule has 0 fully saturated rings. The first-order valence-electron chi connectivity index (χ1n) is 7.59. The number of aryl methyl sites for hydroxylation is 1. The van der Waals surface area contributed by atoms with Crippen molar-refractivity contribution in [1.82, 2.24) is 0 Å². The van der Waals surface area contributed by atoms with E-state index in [2.05, 4.69) is 0 Å². The third-order valence-corrected chi connectivity index (χ3v) is 4.00. The predicted molar refractivity (Wildman–Crippen MR) is 99.6 cm³/mol. The van der Waals surface area contributed by atoms with E-state index in [4.69, 9.17) is 14.8 Å². The third-order valence-electron chi connectivity index (χ3n) is 3.12. The van der Waals surface area contributed by atoms with Crippen molar-refractivity contribution in [2.75, 3.05) is 5.73 Å². The van der Waals surface area contributed by atoms with Gasteiger partial charge in [0.05, 0.1) is 0 Å². The van der Waals surface area contributed by atoms with Gasteiger partial charge in [-0.1, -0.05) is 54.6 Å². The highest BCUT2D eigenvalue weighted by atomic mass is 31.2. The Balaban J connectivity index is 0.000000236. The van der Waals surface area contributed by atoms with E-state index in [1.807, 2.05) is 31.2 Å². The second-order valence-corrected chi connectivity index (χ2v) is 6.44. The van der Waals surface area contributed by atoms with E-state index in [9.17, 15) is 9.46 Å². The molecule has 0 aliphatic heterocycles. The molecular formula is C19H20NO4P. The summed E-state index contributed by atoms with van der Waals surface area (Å²) in [5.74, 6) is 0.573. The number of nitrogen functional groups attached to an aromatic ring is 1. The summed E-state index contributed by atoms with van der Waals surface area (Å²) >= 11 is 0. The molecular weight excluding hydrogens is 337 g/mol. The molecule has 0 unspecified atom stereocenters. The van der Waals surface area contributed by atoms with Gasteiger partial charge >= 0.3 is 7.82 Å². The maximum absolute atomic E-state index is 11.7. The Hall–Kier alpha value is -2.75. The first kappa shape index (κ1) is 18.6. The first-order chi connectivity index (χ1) is 12.0. The summed E-state index contributed by atoms with van der Waals surface area (Å²) in [5, 5.41) is 0. The van der Waals surface area contributed by atoms with Gasteiger partial charge in [0.15, 0.2) is 0 Å². The second-order valence-electron chi connectivity index (χ2n) is 5.13. The Morgan fingerprint density at radius 2 is 1.16 bits per heavy atom. The highest BCUT2D eigenvalue weighted by molar-refractivity contribution is 7.48. The Morgan fingerprint density at radius 1 is 0.760 bits per heavy atom. The van der Waals surface area contributed by atoms with Crippen LogP contribution >= 0.6 is 7.82 Å². The first-order valence-corrected chi connectivity index (χ1v) is 9.09. The summed E-state index contributed by atoms with van der Waals surface area (Å²) in [6, 6.07) is 24.5. The minimum atomic E-state index is -4.14. The number of hydrogen-bond donors (Lipinski definition) is 2. The Kier molecular flexibility index (Phi) is 6.63. The number of benzene rings is 3. The van der Waals surface area contributed by atoms with Gasteiger partial charge in [0, 0.05) is 5.69 Å². The Morgan fingerprint density at radius 3 is 1.52 bits per heavy atom. The number of rotatable bonds is 4. The molecule has 0 amide bonds. The van der Waals surface area contributed by atoms with E-state index in [0.29, 0.717) is 0 Å². The van der Waals surface area contributed by atoms with Crippen molar-refractivity contribution in [3.63, 3.8) is 0 Å². The molecule has 0 heterocycles. The summed E-state index contributed by atoms with van der Waals surface area (Å²) in [6.45, 7) is 2.00. The van der Waals surface area contributed by atoms with Crippen LogP contribution < -0.4 is 14.8 Å². The van der Waals surface area contributed by atoms with Gasteiger partial charge in [0.25, 0.3) is 0 Å². The highest BCUT2D eigenvalue weighted by Crippen LogP contribution is 2.44. The molecule has 3 aromatic rings. The monoisotopic (exact) mass is 357 g/mol. The van der Waals surface area contributed by atoms with Crippen LogP contribution in [0.2, 0.25) is 0 Å². The van der Waals surface area contributed by atoms with E-state index in [-0.39, 0.29) is 11.5 Å². The molecule has 0 spiro atoms. The van der Waals surface area contributed by atoms with E-state index in [1.165, 1.54) is 0 Å². The summed E-state index contributed by atoms with van der Waals surface area (Å²) in [4.78, 5) is 9.53. The van der Waals surface area contributed by atoms with Gasteiger partial charge in [0.1, 0.15) is 11.5 Å². The summed E-state index contributed by atoms with van der Waals surface area (Å²) in [5.41, 5.74) is 7.53. The molecule has 0 saturated heterocycles. The maximum Gasteiger partial charge on any atom is 0.584 e. The quantitative estimate of drug-likeness (QED) is 0.517. The van der Waals surface area contributed by atoms with Gasteiger partial charge in [-0.2, -0.15) is 0 Å². The number of phosphoric acid groups is 1. The number of anilines is 1. The minimum Gasteiger partial charge on any atom is -0.399 e. The van der Waals surface area contributed by atoms with Crippen molar-refractivity contribution >= 4 is 13.5 Å². The van der Waals surface area contributed by atoms with Crippen LogP contribution in [0.4, 0.5) is 5.69 Å². The number of hydrogen-bond acceptors (Lipinski definition) is 4. The van der Waals surface area contributed by atoms with Crippen LogP contribution in [-0.2, 0) is 4.57 Å². The van der Waals surface area contributed by atoms with Crippen LogP contribution in [0.5, 0.6) is 11.5 Å². The number of para-hydroxylation sites is 3. The standard InChI is InChI=1S/C12H11O4P.C7H9N/c13-17(14,15-11-7-3-1-4-8-11)16-12-9-5-2-6-10-12;1-6-4-2-3-5-7(6)8/h1-10H,(H,13,14);2-5H,8H2,1H3. The summed E-state index contributed by atoms with van der Waals surface area (Å²) < 4.78 is 21.5. The second kappa shape index (κ2) is 8.92. The van der Waals surface area contributed by atoms with Crippen LogP contribution in [0.3, 0.4) is 0 Å². The van der Waals surface area contributed by atoms with Crippen molar-refractivity contribution in [2.45, 2.75) is 6.92 Å². The predicted octanol–water partition coefficient (Wildman–Crippen LogP) is 4.82. The fraction of sp³-hybridized carbons (Fsp3) is 0.0526. The molecule has 0 aliphatic carbocycles. The van der Waals surface area contributed by atoms with Crippen LogP contribution in [0.25, 0.3) is 0 Å². The van der Waals surface area contributed by atoms with Crippen molar-refractivity contribution in [2.24, 2.45) is 0 Å². The van der Waals surface area contributed by atoms with Crippen molar-refractivity contribution < 1.29 is 18.5 Å². The Labute approximate surface area is 147 Å². The van der Waals surface area contributed by atoms with Gasteiger partial charge in [0.2, 0.25) is 0 Å². The molecule has 5 nitrogen and oxygen atoms in total. The smallest absolute Gasteiger partial charge is 0.399 e. The van der Waals surface area contributed by atoms with Gasteiger partial charge in [-0.3, -0.25) is 4.89 Å². The van der Waals surface area contributed by atoms with Crippen molar-refractivity contribution in [3.8, 4) is 11.5 Å². The number of nitrogens with two attached hydrogens (primary N) is 1. The molecule has 3 rings (SSSR count). The normalized spacial score (nSPS) is 10.3. The average Bonchev–Trinajstić information content (AvgIpc) is 2.59. The molecule has 0 aromatic heterocycles. The molecule has 3 N–H and O–H groups in total. The average molecular weight is 357 g/mol. The van der Waals surface area contributed by atoms with E-state index >= 15 is 0 Å². The lowest BCUT2D eigenvalue weighted by atomic mass is 10.2. The lowest BCUT2D eigenvalue weighted by molar-refractivity contribution is 0.291. The molecule has 0 saturated carbocycles. The SMILES string of the molecule is Cc1ccccc1N.O=P(O)(Oc1ccccc1)Oc1ccccc1. The number of phosphoric ester groups is 1. The summed E-state index contributed by atoms with van der Waals surface area (Å²) in [6.07, 6.45) is 0. The van der Waals surface area contributed by atoms with Crippen LogP contribution in [0, 0.1) is 6.92 Å².